The third-order valence-electron chi connectivity index (χ3n) is 6.36. The number of H-pyrrole nitrogens is 1. The van der Waals surface area contributed by atoms with E-state index in [1.165, 1.54) is 17.0 Å². The highest BCUT2D eigenvalue weighted by Crippen LogP contribution is 2.33. The number of carbonyl (C=O) groups is 1. The highest BCUT2D eigenvalue weighted by Gasteiger charge is 2.25. The predicted octanol–water partition coefficient (Wildman–Crippen LogP) is 5.00. The van der Waals surface area contributed by atoms with Gasteiger partial charge in [0.2, 0.25) is 17.6 Å². The normalized spacial score (nSPS) is 14.9. The van der Waals surface area contributed by atoms with Gasteiger partial charge in [-0.15, -0.1) is 0 Å². The molecule has 0 saturated carbocycles. The Balaban J connectivity index is 1.15. The second-order valence-electron chi connectivity index (χ2n) is 8.42. The molecule has 2 aromatic heterocycles. The van der Waals surface area contributed by atoms with Crippen LogP contribution in [0.2, 0.25) is 0 Å². The fourth-order valence-corrected chi connectivity index (χ4v) is 4.45. The molecule has 2 aromatic carbocycles. The van der Waals surface area contributed by atoms with Crippen LogP contribution < -0.4 is 0 Å². The van der Waals surface area contributed by atoms with Crippen LogP contribution in [-0.2, 0) is 11.2 Å². The molecule has 164 valence electrons. The van der Waals surface area contributed by atoms with Crippen LogP contribution in [0.5, 0.6) is 0 Å². The molecule has 1 amide bonds. The molecule has 0 bridgehead atoms. The molecular weight excluding hydrogens is 407 g/mol. The van der Waals surface area contributed by atoms with Crippen LogP contribution in [-0.4, -0.2) is 39.0 Å². The second kappa shape index (κ2) is 8.57. The SMILES string of the molecule is Cc1ccc(-c2noc(CCC(=O)N3CCC(c4c[nH]c5ccccc45)CC3)n2)cc1F. The van der Waals surface area contributed by atoms with Crippen molar-refractivity contribution in [3.63, 3.8) is 0 Å². The van der Waals surface area contributed by atoms with Crippen LogP contribution in [0.15, 0.2) is 53.2 Å². The van der Waals surface area contributed by atoms with Crippen molar-refractivity contribution >= 4 is 16.8 Å². The number of hydrogen-bond acceptors (Lipinski definition) is 4. The number of piperidine rings is 1. The fourth-order valence-electron chi connectivity index (χ4n) is 4.45. The summed E-state index contributed by atoms with van der Waals surface area (Å²) in [6, 6.07) is 13.2. The molecule has 0 spiro atoms. The number of hydrogen-bond donors (Lipinski definition) is 1. The van der Waals surface area contributed by atoms with Crippen molar-refractivity contribution in [3.05, 3.63) is 71.5 Å². The number of aryl methyl sites for hydroxylation is 2. The van der Waals surface area contributed by atoms with E-state index >= 15 is 0 Å². The van der Waals surface area contributed by atoms with Crippen molar-refractivity contribution < 1.29 is 13.7 Å². The van der Waals surface area contributed by atoms with Gasteiger partial charge in [-0.25, -0.2) is 4.39 Å². The minimum Gasteiger partial charge on any atom is -0.361 e. The second-order valence-corrected chi connectivity index (χ2v) is 8.42. The Hall–Kier alpha value is -3.48. The maximum atomic E-state index is 13.8. The van der Waals surface area contributed by atoms with Crippen LogP contribution in [0.1, 0.15) is 42.2 Å². The summed E-state index contributed by atoms with van der Waals surface area (Å²) >= 11 is 0. The Labute approximate surface area is 185 Å². The molecule has 0 unspecified atom stereocenters. The fraction of sp³-hybridized carbons (Fsp3) is 0.320. The van der Waals surface area contributed by atoms with Crippen LogP contribution in [0.3, 0.4) is 0 Å². The highest BCUT2D eigenvalue weighted by molar-refractivity contribution is 5.83. The van der Waals surface area contributed by atoms with Gasteiger partial charge in [0, 0.05) is 48.6 Å². The molecule has 1 N–H and O–H groups in total. The van der Waals surface area contributed by atoms with Gasteiger partial charge in [0.05, 0.1) is 0 Å². The molecule has 1 aliphatic heterocycles. The van der Waals surface area contributed by atoms with Crippen molar-refractivity contribution in [2.75, 3.05) is 13.1 Å². The largest absolute Gasteiger partial charge is 0.361 e. The van der Waals surface area contributed by atoms with Gasteiger partial charge in [-0.1, -0.05) is 35.5 Å². The molecule has 3 heterocycles. The molecule has 7 heteroatoms. The van der Waals surface area contributed by atoms with E-state index in [-0.39, 0.29) is 11.7 Å². The summed E-state index contributed by atoms with van der Waals surface area (Å²) in [6.45, 7) is 3.21. The van der Waals surface area contributed by atoms with Crippen molar-refractivity contribution in [2.24, 2.45) is 0 Å². The third-order valence-corrected chi connectivity index (χ3v) is 6.36. The molecule has 4 aromatic rings. The molecule has 1 saturated heterocycles. The molecule has 1 fully saturated rings. The smallest absolute Gasteiger partial charge is 0.227 e. The lowest BCUT2D eigenvalue weighted by Crippen LogP contribution is -2.38. The summed E-state index contributed by atoms with van der Waals surface area (Å²) in [6.07, 6.45) is 4.72. The quantitative estimate of drug-likeness (QED) is 0.481. The van der Waals surface area contributed by atoms with Crippen LogP contribution in [0.25, 0.3) is 22.3 Å². The number of amides is 1. The lowest BCUT2D eigenvalue weighted by Gasteiger charge is -2.32. The van der Waals surface area contributed by atoms with E-state index in [2.05, 4.69) is 39.5 Å². The van der Waals surface area contributed by atoms with Crippen molar-refractivity contribution in [1.82, 2.24) is 20.0 Å². The first-order chi connectivity index (χ1) is 15.6. The van der Waals surface area contributed by atoms with Gasteiger partial charge in [-0.2, -0.15) is 4.98 Å². The standard InChI is InChI=1S/C25H25FN4O2/c1-16-6-7-18(14-21(16)26)25-28-23(32-29-25)8-9-24(31)30-12-10-17(11-13-30)20-15-27-22-5-3-2-4-19(20)22/h2-7,14-15,17,27H,8-13H2,1H3. The predicted molar refractivity (Wildman–Crippen MR) is 120 cm³/mol. The van der Waals surface area contributed by atoms with Crippen LogP contribution >= 0.6 is 0 Å². The summed E-state index contributed by atoms with van der Waals surface area (Å²) < 4.78 is 19.1. The number of carbonyl (C=O) groups excluding carboxylic acids is 1. The number of likely N-dealkylation sites (tertiary alicyclic amines) is 1. The summed E-state index contributed by atoms with van der Waals surface area (Å²) in [5, 5.41) is 5.21. The molecular formula is C25H25FN4O2. The Kier molecular flexibility index (Phi) is 5.47. The molecule has 1 aliphatic rings. The van der Waals surface area contributed by atoms with Gasteiger partial charge in [0.15, 0.2) is 0 Å². The zero-order chi connectivity index (χ0) is 22.1. The Bertz CT molecular complexity index is 1250. The molecule has 32 heavy (non-hydrogen) atoms. The summed E-state index contributed by atoms with van der Waals surface area (Å²) in [7, 11) is 0. The van der Waals surface area contributed by atoms with E-state index in [1.807, 2.05) is 11.0 Å². The number of aromatic nitrogens is 3. The maximum Gasteiger partial charge on any atom is 0.227 e. The minimum atomic E-state index is -0.305. The molecule has 0 aliphatic carbocycles. The van der Waals surface area contributed by atoms with Gasteiger partial charge in [0.25, 0.3) is 0 Å². The Morgan fingerprint density at radius 1 is 1.22 bits per heavy atom. The average molecular weight is 432 g/mol. The molecule has 6 nitrogen and oxygen atoms in total. The van der Waals surface area contributed by atoms with Crippen LogP contribution in [0.4, 0.5) is 4.39 Å². The summed E-state index contributed by atoms with van der Waals surface area (Å²) in [5.41, 5.74) is 3.64. The number of nitrogens with zero attached hydrogens (tertiary/aromatic N) is 3. The number of aromatic amines is 1. The van der Waals surface area contributed by atoms with Crippen molar-refractivity contribution in [2.45, 2.75) is 38.5 Å². The van der Waals surface area contributed by atoms with Crippen LogP contribution in [0, 0.1) is 12.7 Å². The number of nitrogens with one attached hydrogen (secondary N) is 1. The monoisotopic (exact) mass is 432 g/mol. The summed E-state index contributed by atoms with van der Waals surface area (Å²) in [5.74, 6) is 0.987. The Morgan fingerprint density at radius 3 is 2.84 bits per heavy atom. The lowest BCUT2D eigenvalue weighted by molar-refractivity contribution is -0.132. The van der Waals surface area contributed by atoms with Gasteiger partial charge < -0.3 is 14.4 Å². The van der Waals surface area contributed by atoms with E-state index in [0.717, 1.165) is 31.4 Å². The number of rotatable bonds is 5. The number of para-hydroxylation sites is 1. The van der Waals surface area contributed by atoms with E-state index in [4.69, 9.17) is 4.52 Å². The first-order valence-electron chi connectivity index (χ1n) is 11.0. The topological polar surface area (TPSA) is 75.0 Å². The lowest BCUT2D eigenvalue weighted by atomic mass is 9.89. The van der Waals surface area contributed by atoms with E-state index in [0.29, 0.717) is 41.6 Å². The van der Waals surface area contributed by atoms with Gasteiger partial charge >= 0.3 is 0 Å². The Morgan fingerprint density at radius 2 is 2.03 bits per heavy atom. The van der Waals surface area contributed by atoms with Gasteiger partial charge in [-0.3, -0.25) is 4.79 Å². The number of fused-ring (bicyclic) bond motifs is 1. The maximum absolute atomic E-state index is 13.8. The zero-order valence-electron chi connectivity index (χ0n) is 18.0. The highest BCUT2D eigenvalue weighted by atomic mass is 19.1. The van der Waals surface area contributed by atoms with Gasteiger partial charge in [0.1, 0.15) is 5.82 Å². The van der Waals surface area contributed by atoms with Crippen molar-refractivity contribution in [1.29, 1.82) is 0 Å². The third kappa shape index (κ3) is 4.02. The number of halogens is 1. The molecule has 5 rings (SSSR count). The first kappa shape index (κ1) is 20.4. The number of benzene rings is 2. The molecule has 0 radical (unpaired) electrons. The summed E-state index contributed by atoms with van der Waals surface area (Å²) in [4.78, 5) is 22.3. The minimum absolute atomic E-state index is 0.100. The average Bonchev–Trinajstić information content (AvgIpc) is 3.47. The first-order valence-corrected chi connectivity index (χ1v) is 11.0. The van der Waals surface area contributed by atoms with E-state index in [9.17, 15) is 9.18 Å². The van der Waals surface area contributed by atoms with Crippen molar-refractivity contribution in [3.8, 4) is 11.4 Å². The van der Waals surface area contributed by atoms with E-state index in [1.54, 1.807) is 19.1 Å². The molecule has 0 atom stereocenters. The zero-order valence-corrected chi connectivity index (χ0v) is 18.0. The van der Waals surface area contributed by atoms with Gasteiger partial charge in [-0.05, 0) is 48.9 Å². The van der Waals surface area contributed by atoms with E-state index < -0.39 is 0 Å².